The third kappa shape index (κ3) is 3.75. The van der Waals surface area contributed by atoms with E-state index in [1.165, 1.54) is 18.6 Å². The van der Waals surface area contributed by atoms with Crippen LogP contribution < -0.4 is 11.3 Å². The lowest BCUT2D eigenvalue weighted by atomic mass is 9.73. The summed E-state index contributed by atoms with van der Waals surface area (Å²) in [4.78, 5) is 0. The molecular formula is C16H24ClFN2O. The number of nitrogens with two attached hydrogens (primary N) is 1. The predicted octanol–water partition coefficient (Wildman–Crippen LogP) is 3.45. The molecule has 3 nitrogen and oxygen atoms in total. The fourth-order valence-corrected chi connectivity index (χ4v) is 3.74. The fourth-order valence-electron chi connectivity index (χ4n) is 3.49. The van der Waals surface area contributed by atoms with Gasteiger partial charge >= 0.3 is 0 Å². The van der Waals surface area contributed by atoms with Gasteiger partial charge in [-0.3, -0.25) is 11.3 Å². The van der Waals surface area contributed by atoms with Crippen LogP contribution in [0.25, 0.3) is 0 Å². The van der Waals surface area contributed by atoms with Crippen molar-refractivity contribution in [3.8, 4) is 0 Å². The van der Waals surface area contributed by atoms with E-state index in [0.29, 0.717) is 17.4 Å². The minimum atomic E-state index is -0.325. The van der Waals surface area contributed by atoms with Gasteiger partial charge in [0.25, 0.3) is 0 Å². The van der Waals surface area contributed by atoms with E-state index in [-0.39, 0.29) is 17.5 Å². The summed E-state index contributed by atoms with van der Waals surface area (Å²) < 4.78 is 19.0. The Balaban J connectivity index is 2.21. The molecule has 0 amide bonds. The number of halogens is 2. The zero-order valence-electron chi connectivity index (χ0n) is 12.7. The van der Waals surface area contributed by atoms with Crippen molar-refractivity contribution in [1.29, 1.82) is 0 Å². The second kappa shape index (κ2) is 7.05. The number of hydrazine groups is 1. The first-order valence-electron chi connectivity index (χ1n) is 7.46. The standard InChI is InChI=1S/C16H24ClFN2O/c1-11-4-3-7-16(10-11,21-2)15(20-19)8-12-5-6-13(18)9-14(12)17/h5-6,9,11,15,20H,3-4,7-8,10,19H2,1-2H3. The zero-order chi connectivity index (χ0) is 15.5. The highest BCUT2D eigenvalue weighted by atomic mass is 35.5. The minimum absolute atomic E-state index is 0.0480. The average Bonchev–Trinajstić information content (AvgIpc) is 2.46. The van der Waals surface area contributed by atoms with Crippen molar-refractivity contribution in [2.45, 2.75) is 50.7 Å². The Morgan fingerprint density at radius 1 is 1.57 bits per heavy atom. The number of hydrogen-bond donors (Lipinski definition) is 2. The maximum atomic E-state index is 13.2. The van der Waals surface area contributed by atoms with Crippen LogP contribution >= 0.6 is 11.6 Å². The van der Waals surface area contributed by atoms with E-state index in [2.05, 4.69) is 12.3 Å². The van der Waals surface area contributed by atoms with Crippen molar-refractivity contribution in [1.82, 2.24) is 5.43 Å². The van der Waals surface area contributed by atoms with E-state index in [9.17, 15) is 4.39 Å². The highest BCUT2D eigenvalue weighted by Crippen LogP contribution is 2.38. The largest absolute Gasteiger partial charge is 0.377 e. The Kier molecular flexibility index (Phi) is 5.60. The molecule has 2 rings (SSSR count). The SMILES string of the molecule is COC1(C(Cc2ccc(F)cc2Cl)NN)CCCC(C)C1. The summed E-state index contributed by atoms with van der Waals surface area (Å²) in [5.74, 6) is 6.07. The van der Waals surface area contributed by atoms with Crippen LogP contribution in [0.1, 0.15) is 38.2 Å². The molecule has 3 N–H and O–H groups in total. The third-order valence-corrected chi connectivity index (χ3v) is 5.02. The van der Waals surface area contributed by atoms with Crippen LogP contribution in [-0.4, -0.2) is 18.8 Å². The molecule has 1 aromatic rings. The summed E-state index contributed by atoms with van der Waals surface area (Å²) in [5.41, 5.74) is 3.49. The minimum Gasteiger partial charge on any atom is -0.377 e. The number of benzene rings is 1. The van der Waals surface area contributed by atoms with Gasteiger partial charge in [-0.15, -0.1) is 0 Å². The lowest BCUT2D eigenvalue weighted by Gasteiger charge is -2.44. The summed E-state index contributed by atoms with van der Waals surface area (Å²) in [7, 11) is 1.74. The normalized spacial score (nSPS) is 27.6. The Morgan fingerprint density at radius 3 is 2.90 bits per heavy atom. The predicted molar refractivity (Wildman–Crippen MR) is 83.6 cm³/mol. The quantitative estimate of drug-likeness (QED) is 0.646. The number of rotatable bonds is 5. The van der Waals surface area contributed by atoms with Gasteiger partial charge in [0.05, 0.1) is 11.6 Å². The summed E-state index contributed by atoms with van der Waals surface area (Å²) in [6.07, 6.45) is 4.92. The number of methoxy groups -OCH3 is 1. The molecule has 118 valence electrons. The molecule has 0 aliphatic heterocycles. The molecule has 0 saturated heterocycles. The molecule has 0 spiro atoms. The Morgan fingerprint density at radius 2 is 2.33 bits per heavy atom. The maximum Gasteiger partial charge on any atom is 0.124 e. The van der Waals surface area contributed by atoms with Gasteiger partial charge in [0.1, 0.15) is 5.82 Å². The summed E-state index contributed by atoms with van der Waals surface area (Å²) in [5, 5.41) is 0.436. The van der Waals surface area contributed by atoms with Crippen LogP contribution in [0.5, 0.6) is 0 Å². The van der Waals surface area contributed by atoms with Gasteiger partial charge in [-0.2, -0.15) is 0 Å². The monoisotopic (exact) mass is 314 g/mol. The van der Waals surface area contributed by atoms with Crippen LogP contribution in [-0.2, 0) is 11.2 Å². The van der Waals surface area contributed by atoms with Crippen molar-refractivity contribution in [2.24, 2.45) is 11.8 Å². The van der Waals surface area contributed by atoms with Crippen molar-refractivity contribution >= 4 is 11.6 Å². The number of nitrogens with one attached hydrogen (secondary N) is 1. The lowest BCUT2D eigenvalue weighted by Crippen LogP contribution is -2.57. The Labute approximate surface area is 131 Å². The van der Waals surface area contributed by atoms with Crippen LogP contribution in [0.4, 0.5) is 4.39 Å². The van der Waals surface area contributed by atoms with E-state index >= 15 is 0 Å². The van der Waals surface area contributed by atoms with Crippen LogP contribution in [0, 0.1) is 11.7 Å². The fraction of sp³-hybridized carbons (Fsp3) is 0.625. The second-order valence-corrected chi connectivity index (χ2v) is 6.54. The molecule has 1 aliphatic rings. The molecule has 1 aromatic carbocycles. The molecule has 0 heterocycles. The van der Waals surface area contributed by atoms with Crippen molar-refractivity contribution in [2.75, 3.05) is 7.11 Å². The molecule has 3 unspecified atom stereocenters. The average molecular weight is 315 g/mol. The number of hydrogen-bond acceptors (Lipinski definition) is 3. The second-order valence-electron chi connectivity index (χ2n) is 6.13. The van der Waals surface area contributed by atoms with E-state index in [0.717, 1.165) is 24.8 Å². The molecule has 5 heteroatoms. The molecule has 1 fully saturated rings. The molecule has 1 saturated carbocycles. The first-order valence-corrected chi connectivity index (χ1v) is 7.84. The van der Waals surface area contributed by atoms with Gasteiger partial charge in [0, 0.05) is 12.1 Å². The molecule has 1 aliphatic carbocycles. The van der Waals surface area contributed by atoms with Crippen molar-refractivity contribution < 1.29 is 9.13 Å². The van der Waals surface area contributed by atoms with E-state index in [1.807, 2.05) is 0 Å². The van der Waals surface area contributed by atoms with E-state index in [4.69, 9.17) is 22.2 Å². The maximum absolute atomic E-state index is 13.2. The molecule has 0 aromatic heterocycles. The lowest BCUT2D eigenvalue weighted by molar-refractivity contribution is -0.0791. The van der Waals surface area contributed by atoms with Gasteiger partial charge in [-0.1, -0.05) is 37.4 Å². The van der Waals surface area contributed by atoms with Crippen molar-refractivity contribution in [3.05, 3.63) is 34.6 Å². The van der Waals surface area contributed by atoms with Gasteiger partial charge in [0.2, 0.25) is 0 Å². The molecule has 0 bridgehead atoms. The summed E-state index contributed by atoms with van der Waals surface area (Å²) >= 11 is 6.14. The molecule has 21 heavy (non-hydrogen) atoms. The molecule has 3 atom stereocenters. The summed E-state index contributed by atoms with van der Waals surface area (Å²) in [6.45, 7) is 2.24. The van der Waals surface area contributed by atoms with Gasteiger partial charge in [-0.25, -0.2) is 4.39 Å². The van der Waals surface area contributed by atoms with Crippen molar-refractivity contribution in [3.63, 3.8) is 0 Å². The molecular weight excluding hydrogens is 291 g/mol. The van der Waals surface area contributed by atoms with E-state index in [1.54, 1.807) is 13.2 Å². The van der Waals surface area contributed by atoms with Crippen LogP contribution in [0.15, 0.2) is 18.2 Å². The van der Waals surface area contributed by atoms with Gasteiger partial charge in [-0.05, 0) is 42.9 Å². The smallest absolute Gasteiger partial charge is 0.124 e. The zero-order valence-corrected chi connectivity index (χ0v) is 13.4. The third-order valence-electron chi connectivity index (χ3n) is 4.67. The van der Waals surface area contributed by atoms with Gasteiger partial charge < -0.3 is 4.74 Å². The highest BCUT2D eigenvalue weighted by Gasteiger charge is 2.41. The van der Waals surface area contributed by atoms with E-state index < -0.39 is 0 Å². The van der Waals surface area contributed by atoms with Gasteiger partial charge in [0.15, 0.2) is 0 Å². The highest BCUT2D eigenvalue weighted by molar-refractivity contribution is 6.31. The topological polar surface area (TPSA) is 47.3 Å². The Hall–Kier alpha value is -0.680. The van der Waals surface area contributed by atoms with Crippen LogP contribution in [0.2, 0.25) is 5.02 Å². The first kappa shape index (κ1) is 16.7. The first-order chi connectivity index (χ1) is 10.0. The molecule has 0 radical (unpaired) electrons. The van der Waals surface area contributed by atoms with Crippen LogP contribution in [0.3, 0.4) is 0 Å². The Bertz CT molecular complexity index is 485. The number of ether oxygens (including phenoxy) is 1. The summed E-state index contributed by atoms with van der Waals surface area (Å²) in [6, 6.07) is 4.44.